The lowest BCUT2D eigenvalue weighted by Crippen LogP contribution is -2.81. The van der Waals surface area contributed by atoms with Gasteiger partial charge in [0.15, 0.2) is 12.2 Å². The number of hydrogen-bond acceptors (Lipinski definition) is 15. The highest BCUT2D eigenvalue weighted by Crippen LogP contribution is 2.68. The van der Waals surface area contributed by atoms with Gasteiger partial charge in [-0.25, -0.2) is 14.4 Å². The van der Waals surface area contributed by atoms with Gasteiger partial charge in [0, 0.05) is 45.6 Å². The number of fused-ring (bicyclic) bond motifs is 1. The topological polar surface area (TPSA) is 193 Å². The third-order valence-corrected chi connectivity index (χ3v) is 10.7. The van der Waals surface area contributed by atoms with Crippen LogP contribution in [0.2, 0.25) is 0 Å². The number of hydrogen-bond donors (Lipinski definition) is 0. The average Bonchev–Trinajstić information content (AvgIpc) is 3.34. The lowest BCUT2D eigenvalue weighted by molar-refractivity contribution is -0.326. The molecule has 1 aliphatic heterocycles. The Labute approximate surface area is 316 Å². The van der Waals surface area contributed by atoms with Crippen molar-refractivity contribution in [3.8, 4) is 0 Å². The number of carbonyl (C=O) groups is 6. The van der Waals surface area contributed by atoms with E-state index in [1.54, 1.807) is 51.1 Å². The summed E-state index contributed by atoms with van der Waals surface area (Å²) in [5, 5.41) is 0. The van der Waals surface area contributed by atoms with Gasteiger partial charge in [-0.1, -0.05) is 25.1 Å². The van der Waals surface area contributed by atoms with E-state index in [0.29, 0.717) is 0 Å². The number of aromatic nitrogens is 2. The van der Waals surface area contributed by atoms with Crippen molar-refractivity contribution in [1.29, 1.82) is 0 Å². The van der Waals surface area contributed by atoms with Crippen molar-refractivity contribution < 1.29 is 61.9 Å². The fraction of sp³-hybridized carbons (Fsp3) is 0.450. The summed E-state index contributed by atoms with van der Waals surface area (Å²) < 4.78 is 44.2. The van der Waals surface area contributed by atoms with Crippen LogP contribution >= 0.6 is 0 Å². The standard InChI is InChI=1S/C40H42N2O13/c1-22-18-29(52-35(46)26-12-8-7-9-13-26)32(53-36(47)27-14-10-16-41-19-27)39(21-49-23(2)43)34(54-37(48)28-15-11-17-42-20-28)31(50-24(3)44)30-33(51-25(4)45)40(22,39)55-38(30,5)6/h7-17,19-20,22,29-34H,18,21H2,1-6H3/t22-,29+,30-,31-,32+,33-,34-,39+,40-/m1/s1. The first-order valence-electron chi connectivity index (χ1n) is 17.8. The molecule has 3 aromatic rings. The fourth-order valence-electron chi connectivity index (χ4n) is 8.77. The summed E-state index contributed by atoms with van der Waals surface area (Å²) in [6, 6.07) is 14.0. The smallest absolute Gasteiger partial charge is 0.340 e. The number of rotatable bonds is 10. The normalized spacial score (nSPS) is 30.1. The van der Waals surface area contributed by atoms with Crippen molar-refractivity contribution in [2.75, 3.05) is 6.61 Å². The second-order valence-corrected chi connectivity index (χ2v) is 14.5. The molecule has 0 radical (unpaired) electrons. The van der Waals surface area contributed by atoms with Gasteiger partial charge < -0.3 is 33.2 Å². The zero-order valence-electron chi connectivity index (χ0n) is 31.2. The number of carbonyl (C=O) groups excluding carboxylic acids is 6. The Morgan fingerprint density at radius 1 is 0.673 bits per heavy atom. The van der Waals surface area contributed by atoms with E-state index in [-0.39, 0.29) is 23.1 Å². The lowest BCUT2D eigenvalue weighted by Gasteiger charge is -2.64. The number of ether oxygens (including phenoxy) is 7. The molecule has 2 bridgehead atoms. The maximum absolute atomic E-state index is 14.2. The fourth-order valence-corrected chi connectivity index (χ4v) is 8.77. The molecular weight excluding hydrogens is 716 g/mol. The molecule has 3 aliphatic rings. The number of benzene rings is 1. The predicted molar refractivity (Wildman–Crippen MR) is 188 cm³/mol. The Bertz CT molecular complexity index is 1940. The molecular formula is C40H42N2O13. The van der Waals surface area contributed by atoms with Crippen molar-refractivity contribution in [2.24, 2.45) is 17.3 Å². The Kier molecular flexibility index (Phi) is 10.8. The van der Waals surface area contributed by atoms with Crippen molar-refractivity contribution in [3.05, 3.63) is 96.1 Å². The molecule has 2 aromatic heterocycles. The van der Waals surface area contributed by atoms with Crippen LogP contribution in [-0.4, -0.2) is 94.1 Å². The molecule has 0 amide bonds. The SMILES string of the molecule is CC(=O)OC[C@]12[C@H](OC(=O)c3cccnc3)[C@H](OC(C)=O)[C@@H]3[C@@H](OC(C)=O)[C@]1(OC3(C)C)[C@H](C)C[C@H](OC(=O)c1ccccc1)[C@@H]2OC(=O)c1cccnc1. The molecule has 0 unspecified atom stereocenters. The molecule has 1 aromatic carbocycles. The van der Waals surface area contributed by atoms with E-state index < -0.39 is 101 Å². The summed E-state index contributed by atoms with van der Waals surface area (Å²) >= 11 is 0. The van der Waals surface area contributed by atoms with Gasteiger partial charge in [-0.2, -0.15) is 0 Å². The van der Waals surface area contributed by atoms with Crippen LogP contribution in [0, 0.1) is 17.3 Å². The van der Waals surface area contributed by atoms with Gasteiger partial charge in [0.25, 0.3) is 0 Å². The molecule has 3 fully saturated rings. The highest BCUT2D eigenvalue weighted by Gasteiger charge is 2.86. The molecule has 15 heteroatoms. The zero-order valence-corrected chi connectivity index (χ0v) is 31.2. The van der Waals surface area contributed by atoms with Crippen LogP contribution in [-0.2, 0) is 47.5 Å². The number of nitrogens with zero attached hydrogens (tertiary/aromatic N) is 2. The van der Waals surface area contributed by atoms with Crippen LogP contribution in [0.5, 0.6) is 0 Å². The van der Waals surface area contributed by atoms with E-state index in [9.17, 15) is 28.8 Å². The Morgan fingerprint density at radius 2 is 1.22 bits per heavy atom. The maximum atomic E-state index is 14.2. The van der Waals surface area contributed by atoms with Gasteiger partial charge in [0.05, 0.1) is 28.2 Å². The molecule has 0 N–H and O–H groups in total. The largest absolute Gasteiger partial charge is 0.465 e. The Balaban J connectivity index is 1.67. The molecule has 2 saturated carbocycles. The van der Waals surface area contributed by atoms with Gasteiger partial charge >= 0.3 is 35.8 Å². The first kappa shape index (κ1) is 39.0. The summed E-state index contributed by atoms with van der Waals surface area (Å²) in [7, 11) is 0. The summed E-state index contributed by atoms with van der Waals surface area (Å²) in [5.74, 6) is -6.74. The molecule has 55 heavy (non-hydrogen) atoms. The van der Waals surface area contributed by atoms with Gasteiger partial charge in [0.1, 0.15) is 35.9 Å². The van der Waals surface area contributed by atoms with Crippen molar-refractivity contribution in [2.45, 2.75) is 89.7 Å². The summed E-state index contributed by atoms with van der Waals surface area (Å²) in [4.78, 5) is 89.3. The second-order valence-electron chi connectivity index (χ2n) is 14.5. The summed E-state index contributed by atoms with van der Waals surface area (Å²) in [6.45, 7) is 7.93. The van der Waals surface area contributed by atoms with E-state index in [4.69, 9.17) is 33.2 Å². The molecule has 1 saturated heterocycles. The first-order valence-corrected chi connectivity index (χ1v) is 17.8. The average molecular weight is 759 g/mol. The van der Waals surface area contributed by atoms with Crippen LogP contribution < -0.4 is 0 Å². The van der Waals surface area contributed by atoms with Crippen LogP contribution in [0.3, 0.4) is 0 Å². The maximum Gasteiger partial charge on any atom is 0.340 e. The Morgan fingerprint density at radius 3 is 1.75 bits per heavy atom. The summed E-state index contributed by atoms with van der Waals surface area (Å²) in [5.41, 5.74) is -5.07. The van der Waals surface area contributed by atoms with E-state index in [1.165, 1.54) is 56.0 Å². The van der Waals surface area contributed by atoms with Crippen LogP contribution in [0.1, 0.15) is 79.0 Å². The Hall–Kier alpha value is -5.70. The minimum Gasteiger partial charge on any atom is -0.465 e. The third-order valence-electron chi connectivity index (χ3n) is 10.7. The predicted octanol–water partition coefficient (Wildman–Crippen LogP) is 4.08. The highest BCUT2D eigenvalue weighted by molar-refractivity contribution is 5.91. The van der Waals surface area contributed by atoms with Gasteiger partial charge in [0.2, 0.25) is 0 Å². The van der Waals surface area contributed by atoms with E-state index in [0.717, 1.165) is 13.8 Å². The van der Waals surface area contributed by atoms with Gasteiger partial charge in [-0.15, -0.1) is 0 Å². The second kappa shape index (κ2) is 15.2. The molecule has 2 aliphatic carbocycles. The quantitative estimate of drug-likeness (QED) is 0.212. The number of esters is 6. The molecule has 9 atom stereocenters. The number of pyridine rings is 2. The van der Waals surface area contributed by atoms with Crippen molar-refractivity contribution in [1.82, 2.24) is 9.97 Å². The van der Waals surface area contributed by atoms with Crippen LogP contribution in [0.15, 0.2) is 79.4 Å². The lowest BCUT2D eigenvalue weighted by atomic mass is 9.47. The van der Waals surface area contributed by atoms with Crippen molar-refractivity contribution >= 4 is 35.8 Å². The summed E-state index contributed by atoms with van der Waals surface area (Å²) in [6.07, 6.45) is -2.08. The minimum absolute atomic E-state index is 0.00396. The molecule has 6 rings (SSSR count). The highest BCUT2D eigenvalue weighted by atomic mass is 16.6. The zero-order chi connectivity index (χ0) is 39.7. The molecule has 1 spiro atoms. The monoisotopic (exact) mass is 758 g/mol. The van der Waals surface area contributed by atoms with E-state index >= 15 is 0 Å². The minimum atomic E-state index is -2.13. The first-order chi connectivity index (χ1) is 26.1. The van der Waals surface area contributed by atoms with E-state index in [2.05, 4.69) is 9.97 Å². The van der Waals surface area contributed by atoms with Crippen LogP contribution in [0.25, 0.3) is 0 Å². The third kappa shape index (κ3) is 7.04. The van der Waals surface area contributed by atoms with Gasteiger partial charge in [-0.05, 0) is 62.6 Å². The molecule has 3 heterocycles. The van der Waals surface area contributed by atoms with Gasteiger partial charge in [-0.3, -0.25) is 24.4 Å². The molecule has 290 valence electrons. The molecule has 15 nitrogen and oxygen atoms in total. The van der Waals surface area contributed by atoms with Crippen LogP contribution in [0.4, 0.5) is 0 Å². The van der Waals surface area contributed by atoms with E-state index in [1.807, 2.05) is 0 Å². The van der Waals surface area contributed by atoms with Crippen molar-refractivity contribution in [3.63, 3.8) is 0 Å².